The van der Waals surface area contributed by atoms with Crippen LogP contribution in [-0.4, -0.2) is 56.1 Å². The van der Waals surface area contributed by atoms with E-state index in [9.17, 15) is 8.42 Å². The third-order valence-corrected chi connectivity index (χ3v) is 5.91. The summed E-state index contributed by atoms with van der Waals surface area (Å²) >= 11 is 0. The first kappa shape index (κ1) is 19.4. The number of oxazole rings is 1. The maximum Gasteiger partial charge on any atom is 0.211 e. The summed E-state index contributed by atoms with van der Waals surface area (Å²) in [7, 11) is -1.50. The summed E-state index contributed by atoms with van der Waals surface area (Å²) in [5.74, 6) is 1.31. The molecule has 2 heterocycles. The highest BCUT2D eigenvalue weighted by molar-refractivity contribution is 7.88. The minimum atomic E-state index is -3.18. The van der Waals surface area contributed by atoms with Crippen LogP contribution in [0.4, 0.5) is 0 Å². The molecule has 1 aromatic carbocycles. The molecule has 9 heteroatoms. The molecule has 0 aliphatic carbocycles. The number of rotatable bonds is 6. The van der Waals surface area contributed by atoms with E-state index < -0.39 is 10.0 Å². The molecule has 3 rings (SSSR count). The van der Waals surface area contributed by atoms with Gasteiger partial charge in [0.25, 0.3) is 0 Å². The van der Waals surface area contributed by atoms with Gasteiger partial charge in [-0.05, 0) is 12.8 Å². The second kappa shape index (κ2) is 8.53. The third-order valence-electron chi connectivity index (χ3n) is 4.58. The lowest BCUT2D eigenvalue weighted by Gasteiger charge is -2.23. The molecule has 2 aromatic rings. The van der Waals surface area contributed by atoms with Crippen molar-refractivity contribution < 1.29 is 12.8 Å². The van der Waals surface area contributed by atoms with Crippen molar-refractivity contribution >= 4 is 16.0 Å². The summed E-state index contributed by atoms with van der Waals surface area (Å²) in [6.07, 6.45) is 4.41. The van der Waals surface area contributed by atoms with Crippen molar-refractivity contribution in [2.24, 2.45) is 4.99 Å². The molecule has 0 saturated carbocycles. The summed E-state index contributed by atoms with van der Waals surface area (Å²) in [5, 5.41) is 6.42. The fourth-order valence-electron chi connectivity index (χ4n) is 3.27. The van der Waals surface area contributed by atoms with E-state index in [4.69, 9.17) is 4.42 Å². The zero-order valence-corrected chi connectivity index (χ0v) is 16.4. The molecule has 0 unspecified atom stereocenters. The lowest BCUT2D eigenvalue weighted by atomic mass is 10.1. The Bertz CT molecular complexity index is 879. The van der Waals surface area contributed by atoms with E-state index >= 15 is 0 Å². The van der Waals surface area contributed by atoms with Crippen LogP contribution in [0.25, 0.3) is 11.3 Å². The predicted octanol–water partition coefficient (Wildman–Crippen LogP) is 1.43. The van der Waals surface area contributed by atoms with Crippen LogP contribution >= 0.6 is 0 Å². The highest BCUT2D eigenvalue weighted by Crippen LogP contribution is 2.22. The summed E-state index contributed by atoms with van der Waals surface area (Å²) in [5.41, 5.74) is 1.74. The van der Waals surface area contributed by atoms with Gasteiger partial charge < -0.3 is 15.1 Å². The van der Waals surface area contributed by atoms with Gasteiger partial charge in [0.1, 0.15) is 5.69 Å². The molecule has 8 nitrogen and oxygen atoms in total. The summed E-state index contributed by atoms with van der Waals surface area (Å²) < 4.78 is 30.8. The molecule has 1 fully saturated rings. The van der Waals surface area contributed by atoms with E-state index in [1.165, 1.54) is 12.6 Å². The molecule has 2 N–H and O–H groups in total. The van der Waals surface area contributed by atoms with Gasteiger partial charge in [-0.2, -0.15) is 4.31 Å². The molecular weight excluding hydrogens is 366 g/mol. The molecule has 1 aliphatic rings. The van der Waals surface area contributed by atoms with E-state index in [0.29, 0.717) is 25.6 Å². The number of hydrogen-bond donors (Lipinski definition) is 2. The van der Waals surface area contributed by atoms with Crippen molar-refractivity contribution in [2.45, 2.75) is 25.4 Å². The Hall–Kier alpha value is -2.39. The normalized spacial score (nSPS) is 18.6. The van der Waals surface area contributed by atoms with Crippen LogP contribution in [0.2, 0.25) is 0 Å². The number of aromatic nitrogens is 1. The highest BCUT2D eigenvalue weighted by Gasteiger charge is 2.31. The van der Waals surface area contributed by atoms with Crippen LogP contribution in [0, 0.1) is 0 Å². The molecule has 0 amide bonds. The highest BCUT2D eigenvalue weighted by atomic mass is 32.2. The summed E-state index contributed by atoms with van der Waals surface area (Å²) in [4.78, 5) is 8.49. The standard InChI is InChI=1S/C18H25N5O3S/c1-19-18(20-11-15-9-6-10-23(15)27(2,24)25)21-12-16-17(26-13-22-16)14-7-4-3-5-8-14/h3-5,7-8,13,15H,6,9-12H2,1-2H3,(H2,19,20,21)/t15-/m1/s1. The van der Waals surface area contributed by atoms with Gasteiger partial charge >= 0.3 is 0 Å². The Kier molecular flexibility index (Phi) is 6.12. The Morgan fingerprint density at radius 2 is 2.11 bits per heavy atom. The quantitative estimate of drug-likeness (QED) is 0.571. The number of hydrogen-bond acceptors (Lipinski definition) is 5. The van der Waals surface area contributed by atoms with Gasteiger partial charge in [-0.15, -0.1) is 0 Å². The first-order valence-electron chi connectivity index (χ1n) is 8.88. The van der Waals surface area contributed by atoms with E-state index in [0.717, 1.165) is 29.9 Å². The molecule has 27 heavy (non-hydrogen) atoms. The Balaban J connectivity index is 1.57. The SMILES string of the molecule is CN=C(NCc1ncoc1-c1ccccc1)NC[C@H]1CCCN1S(C)(=O)=O. The zero-order valence-electron chi connectivity index (χ0n) is 15.6. The first-order valence-corrected chi connectivity index (χ1v) is 10.7. The van der Waals surface area contributed by atoms with Crippen LogP contribution in [0.1, 0.15) is 18.5 Å². The second-order valence-electron chi connectivity index (χ2n) is 6.47. The maximum atomic E-state index is 11.8. The van der Waals surface area contributed by atoms with Gasteiger partial charge in [-0.25, -0.2) is 13.4 Å². The van der Waals surface area contributed by atoms with Crippen molar-refractivity contribution in [3.8, 4) is 11.3 Å². The summed E-state index contributed by atoms with van der Waals surface area (Å²) in [6, 6.07) is 9.74. The largest absolute Gasteiger partial charge is 0.443 e. The molecule has 1 saturated heterocycles. The minimum absolute atomic E-state index is 0.0505. The van der Waals surface area contributed by atoms with E-state index in [2.05, 4.69) is 20.6 Å². The number of nitrogens with one attached hydrogen (secondary N) is 2. The van der Waals surface area contributed by atoms with E-state index in [-0.39, 0.29) is 6.04 Å². The van der Waals surface area contributed by atoms with Crippen molar-refractivity contribution in [3.05, 3.63) is 42.4 Å². The van der Waals surface area contributed by atoms with Gasteiger partial charge in [0.15, 0.2) is 18.1 Å². The van der Waals surface area contributed by atoms with Gasteiger partial charge in [-0.3, -0.25) is 4.99 Å². The Labute approximate surface area is 159 Å². The lowest BCUT2D eigenvalue weighted by molar-refractivity contribution is 0.387. The van der Waals surface area contributed by atoms with Crippen LogP contribution in [0.5, 0.6) is 0 Å². The molecular formula is C18H25N5O3S. The van der Waals surface area contributed by atoms with Crippen molar-refractivity contribution in [3.63, 3.8) is 0 Å². The second-order valence-corrected chi connectivity index (χ2v) is 8.41. The number of guanidine groups is 1. The monoisotopic (exact) mass is 391 g/mol. The summed E-state index contributed by atoms with van der Waals surface area (Å²) in [6.45, 7) is 1.54. The first-order chi connectivity index (χ1) is 13.0. The Morgan fingerprint density at radius 3 is 2.81 bits per heavy atom. The molecule has 1 atom stereocenters. The topological polar surface area (TPSA) is 99.8 Å². The van der Waals surface area contributed by atoms with Crippen LogP contribution in [0.3, 0.4) is 0 Å². The Morgan fingerprint density at radius 1 is 1.33 bits per heavy atom. The minimum Gasteiger partial charge on any atom is -0.443 e. The smallest absolute Gasteiger partial charge is 0.211 e. The van der Waals surface area contributed by atoms with Crippen molar-refractivity contribution in [1.29, 1.82) is 0 Å². The van der Waals surface area contributed by atoms with Crippen LogP contribution < -0.4 is 10.6 Å². The molecule has 0 radical (unpaired) electrons. The van der Waals surface area contributed by atoms with Crippen LogP contribution in [0.15, 0.2) is 46.1 Å². The number of benzene rings is 1. The van der Waals surface area contributed by atoms with Crippen molar-refractivity contribution in [2.75, 3.05) is 26.4 Å². The van der Waals surface area contributed by atoms with E-state index in [1.807, 2.05) is 30.3 Å². The van der Waals surface area contributed by atoms with Crippen molar-refractivity contribution in [1.82, 2.24) is 19.9 Å². The van der Waals surface area contributed by atoms with E-state index in [1.54, 1.807) is 11.4 Å². The fraction of sp³-hybridized carbons (Fsp3) is 0.444. The fourth-order valence-corrected chi connectivity index (χ4v) is 4.45. The number of nitrogens with zero attached hydrogens (tertiary/aromatic N) is 3. The average Bonchev–Trinajstić information content (AvgIpc) is 3.31. The third kappa shape index (κ3) is 4.86. The molecule has 146 valence electrons. The van der Waals surface area contributed by atoms with Gasteiger partial charge in [-0.1, -0.05) is 30.3 Å². The predicted molar refractivity (Wildman–Crippen MR) is 105 cm³/mol. The number of aliphatic imine (C=N–C) groups is 1. The zero-order chi connectivity index (χ0) is 19.3. The molecule has 1 aliphatic heterocycles. The number of sulfonamides is 1. The molecule has 0 spiro atoms. The maximum absolute atomic E-state index is 11.8. The lowest BCUT2D eigenvalue weighted by Crippen LogP contribution is -2.46. The van der Waals surface area contributed by atoms with Gasteiger partial charge in [0.2, 0.25) is 10.0 Å². The van der Waals surface area contributed by atoms with Crippen LogP contribution in [-0.2, 0) is 16.6 Å². The molecule has 0 bridgehead atoms. The average molecular weight is 391 g/mol. The molecule has 1 aromatic heterocycles. The van der Waals surface area contributed by atoms with Gasteiger partial charge in [0, 0.05) is 31.7 Å². The van der Waals surface area contributed by atoms with Gasteiger partial charge in [0.05, 0.1) is 12.8 Å².